The van der Waals surface area contributed by atoms with Crippen LogP contribution in [0.4, 0.5) is 8.78 Å². The molecule has 2 aromatic rings. The largest absolute Gasteiger partial charge is 0.484 e. The van der Waals surface area contributed by atoms with Crippen LogP contribution in [0.2, 0.25) is 5.02 Å². The zero-order chi connectivity index (χ0) is 23.8. The number of aryl methyl sites for hydroxylation is 1. The minimum absolute atomic E-state index is 0.0425. The fourth-order valence-electron chi connectivity index (χ4n) is 4.67. The van der Waals surface area contributed by atoms with Crippen LogP contribution in [-0.4, -0.2) is 45.7 Å². The summed E-state index contributed by atoms with van der Waals surface area (Å²) in [6.45, 7) is 1.15. The van der Waals surface area contributed by atoms with Gasteiger partial charge in [0.1, 0.15) is 23.1 Å². The third-order valence-corrected chi connectivity index (χ3v) is 6.91. The van der Waals surface area contributed by atoms with Crippen LogP contribution >= 0.6 is 11.6 Å². The summed E-state index contributed by atoms with van der Waals surface area (Å²) in [4.78, 5) is 29.2. The van der Waals surface area contributed by atoms with E-state index >= 15 is 0 Å². The first-order valence-electron chi connectivity index (χ1n) is 10.6. The molecule has 3 fully saturated rings. The average molecular weight is 480 g/mol. The van der Waals surface area contributed by atoms with Gasteiger partial charge in [0.25, 0.3) is 11.8 Å². The number of nitrogens with one attached hydrogen (secondary N) is 2. The standard InChI is InChI=1S/C23H24ClF2N3O4/c1-13-16(25)4-5-18(27-13)21(32)29-22-6-8-23(9-7-22,19(30)11-22)28-20(31)12-33-14-2-3-15(24)17(26)10-14/h2-5,10,19,30H,6-9,11-12H2,1H3,(H,28,31)(H,29,32). The molecule has 7 nitrogen and oxygen atoms in total. The van der Waals surface area contributed by atoms with Gasteiger partial charge in [-0.25, -0.2) is 13.8 Å². The van der Waals surface area contributed by atoms with Crippen LogP contribution in [0.25, 0.3) is 0 Å². The maximum absolute atomic E-state index is 13.5. The molecule has 3 N–H and O–H groups in total. The van der Waals surface area contributed by atoms with Crippen LogP contribution in [0.15, 0.2) is 30.3 Å². The third kappa shape index (κ3) is 4.79. The first-order valence-corrected chi connectivity index (χ1v) is 11.0. The van der Waals surface area contributed by atoms with Crippen molar-refractivity contribution in [2.45, 2.75) is 56.2 Å². The fraction of sp³-hybridized carbons (Fsp3) is 0.435. The molecule has 3 aliphatic carbocycles. The second-order valence-corrected chi connectivity index (χ2v) is 9.19. The van der Waals surface area contributed by atoms with E-state index in [9.17, 15) is 23.5 Å². The van der Waals surface area contributed by atoms with E-state index in [-0.39, 0.29) is 35.2 Å². The van der Waals surface area contributed by atoms with Crippen LogP contribution in [0.5, 0.6) is 5.75 Å². The van der Waals surface area contributed by atoms with E-state index in [0.717, 1.165) is 6.07 Å². The average Bonchev–Trinajstić information content (AvgIpc) is 2.77. The minimum atomic E-state index is -0.875. The smallest absolute Gasteiger partial charge is 0.270 e. The van der Waals surface area contributed by atoms with Crippen molar-refractivity contribution in [3.63, 3.8) is 0 Å². The second-order valence-electron chi connectivity index (χ2n) is 8.79. The number of ether oxygens (including phenoxy) is 1. The maximum atomic E-state index is 13.5. The predicted octanol–water partition coefficient (Wildman–Crippen LogP) is 3.06. The number of nitrogens with zero attached hydrogens (tertiary/aromatic N) is 1. The number of benzene rings is 1. The Labute approximate surface area is 194 Å². The van der Waals surface area contributed by atoms with Crippen molar-refractivity contribution in [2.24, 2.45) is 0 Å². The molecule has 1 heterocycles. The third-order valence-electron chi connectivity index (χ3n) is 6.60. The van der Waals surface area contributed by atoms with Crippen molar-refractivity contribution >= 4 is 23.4 Å². The molecule has 0 saturated heterocycles. The number of carbonyl (C=O) groups excluding carboxylic acids is 2. The lowest BCUT2D eigenvalue weighted by Crippen LogP contribution is -2.70. The summed E-state index contributed by atoms with van der Waals surface area (Å²) in [5.41, 5.74) is -1.19. The summed E-state index contributed by atoms with van der Waals surface area (Å²) < 4.78 is 32.3. The van der Waals surface area contributed by atoms with Gasteiger partial charge in [0, 0.05) is 11.6 Å². The second kappa shape index (κ2) is 8.87. The van der Waals surface area contributed by atoms with Crippen molar-refractivity contribution in [1.82, 2.24) is 15.6 Å². The Morgan fingerprint density at radius 1 is 1.15 bits per heavy atom. The van der Waals surface area contributed by atoms with Gasteiger partial charge in [-0.3, -0.25) is 9.59 Å². The number of rotatable bonds is 6. The van der Waals surface area contributed by atoms with Gasteiger partial charge in [-0.05, 0) is 63.3 Å². The molecule has 3 saturated carbocycles. The number of aliphatic hydroxyl groups excluding tert-OH is 1. The first-order chi connectivity index (χ1) is 15.6. The number of pyridine rings is 1. The molecule has 2 amide bonds. The van der Waals surface area contributed by atoms with Gasteiger partial charge in [-0.1, -0.05) is 11.6 Å². The molecule has 1 unspecified atom stereocenters. The van der Waals surface area contributed by atoms with Crippen molar-refractivity contribution in [1.29, 1.82) is 0 Å². The lowest BCUT2D eigenvalue weighted by molar-refractivity contribution is -0.132. The number of hydrogen-bond acceptors (Lipinski definition) is 5. The van der Waals surface area contributed by atoms with Crippen molar-refractivity contribution in [2.75, 3.05) is 6.61 Å². The van der Waals surface area contributed by atoms with Crippen LogP contribution in [-0.2, 0) is 4.79 Å². The fourth-order valence-corrected chi connectivity index (χ4v) is 4.78. The lowest BCUT2D eigenvalue weighted by atomic mass is 9.60. The molecule has 33 heavy (non-hydrogen) atoms. The number of amides is 2. The number of fused-ring (bicyclic) bond motifs is 3. The monoisotopic (exact) mass is 479 g/mol. The molecule has 1 aromatic heterocycles. The summed E-state index contributed by atoms with van der Waals surface area (Å²) in [6, 6.07) is 6.42. The Morgan fingerprint density at radius 2 is 1.88 bits per heavy atom. The molecule has 0 aliphatic heterocycles. The van der Waals surface area contributed by atoms with Gasteiger partial charge in [0.05, 0.1) is 22.4 Å². The molecular formula is C23H24ClF2N3O4. The molecular weight excluding hydrogens is 456 g/mol. The Balaban J connectivity index is 1.35. The van der Waals surface area contributed by atoms with Gasteiger partial charge in [0.2, 0.25) is 0 Å². The molecule has 2 bridgehead atoms. The molecule has 1 atom stereocenters. The van der Waals surface area contributed by atoms with Gasteiger partial charge >= 0.3 is 0 Å². The predicted molar refractivity (Wildman–Crippen MR) is 116 cm³/mol. The lowest BCUT2D eigenvalue weighted by Gasteiger charge is -2.56. The van der Waals surface area contributed by atoms with E-state index in [0.29, 0.717) is 25.7 Å². The number of aliphatic hydroxyl groups is 1. The Morgan fingerprint density at radius 3 is 2.52 bits per heavy atom. The highest BCUT2D eigenvalue weighted by Gasteiger charge is 2.55. The Kier molecular flexibility index (Phi) is 6.28. The van der Waals surface area contributed by atoms with E-state index in [1.165, 1.54) is 31.2 Å². The summed E-state index contributed by atoms with van der Waals surface area (Å²) >= 11 is 5.64. The summed E-state index contributed by atoms with van der Waals surface area (Å²) in [5.74, 6) is -1.82. The maximum Gasteiger partial charge on any atom is 0.270 e. The summed E-state index contributed by atoms with van der Waals surface area (Å²) in [5, 5.41) is 16.7. The summed E-state index contributed by atoms with van der Waals surface area (Å²) in [6.07, 6.45) is 1.43. The van der Waals surface area contributed by atoms with Gasteiger partial charge in [0.15, 0.2) is 6.61 Å². The van der Waals surface area contributed by atoms with Crippen molar-refractivity contribution in [3.8, 4) is 5.75 Å². The minimum Gasteiger partial charge on any atom is -0.484 e. The molecule has 3 aliphatic rings. The van der Waals surface area contributed by atoms with Crippen LogP contribution in [0.1, 0.15) is 48.3 Å². The Hall–Kier alpha value is -2.78. The van der Waals surface area contributed by atoms with Crippen LogP contribution < -0.4 is 15.4 Å². The molecule has 0 spiro atoms. The van der Waals surface area contributed by atoms with Gasteiger partial charge in [-0.2, -0.15) is 0 Å². The SMILES string of the molecule is Cc1nc(C(=O)NC23CCC(NC(=O)COc4ccc(Cl)c(F)c4)(CC2)C(O)C3)ccc1F. The number of carbonyl (C=O) groups is 2. The van der Waals surface area contributed by atoms with Crippen LogP contribution in [0, 0.1) is 18.6 Å². The molecule has 176 valence electrons. The molecule has 1 aromatic carbocycles. The van der Waals surface area contributed by atoms with E-state index in [4.69, 9.17) is 16.3 Å². The first kappa shape index (κ1) is 23.4. The van der Waals surface area contributed by atoms with Crippen LogP contribution in [0.3, 0.4) is 0 Å². The van der Waals surface area contributed by atoms with Gasteiger partial charge < -0.3 is 20.5 Å². The van der Waals surface area contributed by atoms with Crippen molar-refractivity contribution in [3.05, 3.63) is 58.4 Å². The van der Waals surface area contributed by atoms with Crippen molar-refractivity contribution < 1.29 is 28.2 Å². The molecule has 10 heteroatoms. The highest BCUT2D eigenvalue weighted by Crippen LogP contribution is 2.47. The summed E-state index contributed by atoms with van der Waals surface area (Å²) in [7, 11) is 0. The van der Waals surface area contributed by atoms with E-state index < -0.39 is 40.6 Å². The zero-order valence-corrected chi connectivity index (χ0v) is 18.7. The highest BCUT2D eigenvalue weighted by molar-refractivity contribution is 6.30. The zero-order valence-electron chi connectivity index (χ0n) is 18.0. The van der Waals surface area contributed by atoms with E-state index in [2.05, 4.69) is 15.6 Å². The number of aromatic nitrogens is 1. The normalized spacial score (nSPS) is 26.0. The number of hydrogen-bond donors (Lipinski definition) is 3. The van der Waals surface area contributed by atoms with E-state index in [1.807, 2.05) is 0 Å². The highest BCUT2D eigenvalue weighted by atomic mass is 35.5. The van der Waals surface area contributed by atoms with Gasteiger partial charge in [-0.15, -0.1) is 0 Å². The molecule has 5 rings (SSSR count). The van der Waals surface area contributed by atoms with E-state index in [1.54, 1.807) is 0 Å². The quantitative estimate of drug-likeness (QED) is 0.591. The Bertz CT molecular complexity index is 1090. The molecule has 0 radical (unpaired) electrons. The number of halogens is 3. The topological polar surface area (TPSA) is 101 Å².